The van der Waals surface area contributed by atoms with Gasteiger partial charge in [0.2, 0.25) is 11.9 Å². The molecule has 0 aromatic heterocycles. The summed E-state index contributed by atoms with van der Waals surface area (Å²) in [5, 5.41) is 6.62. The molecule has 0 radical (unpaired) electrons. The Morgan fingerprint density at radius 3 is 2.57 bits per heavy atom. The van der Waals surface area contributed by atoms with E-state index in [2.05, 4.69) is 15.6 Å². The van der Waals surface area contributed by atoms with Crippen LogP contribution >= 0.6 is 11.6 Å². The van der Waals surface area contributed by atoms with Crippen molar-refractivity contribution in [1.29, 1.82) is 0 Å². The van der Waals surface area contributed by atoms with Gasteiger partial charge in [-0.25, -0.2) is 0 Å². The topological polar surface area (TPSA) is 73.8 Å². The molecule has 0 unspecified atom stereocenters. The van der Waals surface area contributed by atoms with Crippen LogP contribution in [0.25, 0.3) is 0 Å². The van der Waals surface area contributed by atoms with E-state index in [9.17, 15) is 9.59 Å². The van der Waals surface area contributed by atoms with Crippen LogP contribution in [0.15, 0.2) is 59.6 Å². The molecule has 2 aromatic carbocycles. The second-order valence-corrected chi connectivity index (χ2v) is 7.66. The average molecular weight is 427 g/mol. The minimum atomic E-state index is -0.237. The lowest BCUT2D eigenvalue weighted by Crippen LogP contribution is -2.36. The highest BCUT2D eigenvalue weighted by molar-refractivity contribution is 6.30. The van der Waals surface area contributed by atoms with Crippen LogP contribution in [-0.2, 0) is 4.79 Å². The van der Waals surface area contributed by atoms with Gasteiger partial charge in [-0.15, -0.1) is 0 Å². The Labute approximate surface area is 182 Å². The van der Waals surface area contributed by atoms with Crippen LogP contribution in [0.4, 0.5) is 5.69 Å². The molecule has 2 N–H and O–H groups in total. The Bertz CT molecular complexity index is 869. The van der Waals surface area contributed by atoms with E-state index in [1.807, 2.05) is 35.2 Å². The number of hydrogen-bond donors (Lipinski definition) is 2. The van der Waals surface area contributed by atoms with E-state index in [-0.39, 0.29) is 11.8 Å². The van der Waals surface area contributed by atoms with Crippen molar-refractivity contribution in [2.45, 2.75) is 32.1 Å². The molecule has 0 atom stereocenters. The summed E-state index contributed by atoms with van der Waals surface area (Å²) < 4.78 is 0. The lowest BCUT2D eigenvalue weighted by molar-refractivity contribution is -0.130. The summed E-state index contributed by atoms with van der Waals surface area (Å²) >= 11 is 5.95. The molecule has 158 valence electrons. The molecule has 1 heterocycles. The van der Waals surface area contributed by atoms with Gasteiger partial charge < -0.3 is 10.2 Å². The zero-order valence-electron chi connectivity index (χ0n) is 16.9. The van der Waals surface area contributed by atoms with Gasteiger partial charge in [-0.3, -0.25) is 19.9 Å². The molecule has 7 heteroatoms. The van der Waals surface area contributed by atoms with E-state index in [1.165, 1.54) is 0 Å². The molecule has 2 amide bonds. The van der Waals surface area contributed by atoms with Crippen molar-refractivity contribution >= 4 is 35.1 Å². The molecule has 0 saturated carbocycles. The molecular formula is C23H27ClN4O2. The van der Waals surface area contributed by atoms with Crippen molar-refractivity contribution < 1.29 is 9.59 Å². The molecule has 3 rings (SSSR count). The number of carbonyl (C=O) groups excluding carboxylic acids is 2. The highest BCUT2D eigenvalue weighted by atomic mass is 35.5. The second-order valence-electron chi connectivity index (χ2n) is 7.23. The van der Waals surface area contributed by atoms with Crippen LogP contribution < -0.4 is 10.6 Å². The van der Waals surface area contributed by atoms with Crippen LogP contribution in [0.2, 0.25) is 5.02 Å². The van der Waals surface area contributed by atoms with Gasteiger partial charge in [0.1, 0.15) is 0 Å². The SMILES string of the molecule is O=C(NC(=NCCCN1CCCCCC1=O)Nc1ccc(Cl)cc1)c1ccccc1. The van der Waals surface area contributed by atoms with E-state index in [0.717, 1.165) is 37.9 Å². The van der Waals surface area contributed by atoms with Gasteiger partial charge in [-0.1, -0.05) is 36.2 Å². The number of hydrogen-bond acceptors (Lipinski definition) is 3. The van der Waals surface area contributed by atoms with Crippen molar-refractivity contribution in [3.63, 3.8) is 0 Å². The number of likely N-dealkylation sites (tertiary alicyclic amines) is 1. The maximum Gasteiger partial charge on any atom is 0.257 e. The Kier molecular flexibility index (Phi) is 8.27. The number of aliphatic imine (C=N–C) groups is 1. The van der Waals surface area contributed by atoms with Crippen LogP contribution in [0.3, 0.4) is 0 Å². The highest BCUT2D eigenvalue weighted by Crippen LogP contribution is 2.14. The smallest absolute Gasteiger partial charge is 0.257 e. The minimum Gasteiger partial charge on any atom is -0.343 e. The van der Waals surface area contributed by atoms with Crippen LogP contribution in [-0.4, -0.2) is 42.3 Å². The molecule has 1 aliphatic rings. The lowest BCUT2D eigenvalue weighted by atomic mass is 10.2. The number of benzene rings is 2. The Hall–Kier alpha value is -2.86. The first kappa shape index (κ1) is 21.8. The number of rotatable bonds is 6. The number of amides is 2. The zero-order chi connectivity index (χ0) is 21.2. The van der Waals surface area contributed by atoms with Crippen molar-refractivity contribution in [2.75, 3.05) is 25.0 Å². The predicted molar refractivity (Wildman–Crippen MR) is 121 cm³/mol. The van der Waals surface area contributed by atoms with E-state index < -0.39 is 0 Å². The summed E-state index contributed by atoms with van der Waals surface area (Å²) in [4.78, 5) is 31.1. The highest BCUT2D eigenvalue weighted by Gasteiger charge is 2.15. The normalized spacial score (nSPS) is 14.9. The second kappa shape index (κ2) is 11.4. The number of nitrogens with zero attached hydrogens (tertiary/aromatic N) is 2. The molecule has 2 aromatic rings. The third-order valence-electron chi connectivity index (χ3n) is 4.90. The van der Waals surface area contributed by atoms with Gasteiger partial charge in [0, 0.05) is 42.3 Å². The molecule has 0 aliphatic carbocycles. The lowest BCUT2D eigenvalue weighted by Gasteiger charge is -2.20. The monoisotopic (exact) mass is 426 g/mol. The molecule has 6 nitrogen and oxygen atoms in total. The predicted octanol–water partition coefficient (Wildman–Crippen LogP) is 4.33. The fourth-order valence-electron chi connectivity index (χ4n) is 3.28. The molecule has 1 fully saturated rings. The van der Waals surface area contributed by atoms with Gasteiger partial charge in [-0.05, 0) is 55.7 Å². The largest absolute Gasteiger partial charge is 0.343 e. The summed E-state index contributed by atoms with van der Waals surface area (Å²) in [5.74, 6) is 0.361. The molecule has 1 aliphatic heterocycles. The number of nitrogens with one attached hydrogen (secondary N) is 2. The van der Waals surface area contributed by atoms with Crippen LogP contribution in [0.5, 0.6) is 0 Å². The summed E-state index contributed by atoms with van der Waals surface area (Å²) in [5.41, 5.74) is 1.33. The number of halogens is 1. The molecule has 0 bridgehead atoms. The van der Waals surface area contributed by atoms with Crippen molar-refractivity contribution in [3.8, 4) is 0 Å². The van der Waals surface area contributed by atoms with Gasteiger partial charge in [0.15, 0.2) is 0 Å². The molecule has 0 spiro atoms. The Morgan fingerprint density at radius 2 is 1.80 bits per heavy atom. The van der Waals surface area contributed by atoms with Crippen LogP contribution in [0, 0.1) is 0 Å². The fraction of sp³-hybridized carbons (Fsp3) is 0.348. The van der Waals surface area contributed by atoms with Crippen molar-refractivity contribution in [2.24, 2.45) is 4.99 Å². The zero-order valence-corrected chi connectivity index (χ0v) is 17.7. The summed E-state index contributed by atoms with van der Waals surface area (Å²) in [6, 6.07) is 16.2. The summed E-state index contributed by atoms with van der Waals surface area (Å²) in [6.45, 7) is 2.00. The standard InChI is InChI=1S/C23H27ClN4O2/c24-19-11-13-20(14-12-19)26-23(27-22(30)18-8-3-1-4-9-18)25-15-7-17-28-16-6-2-5-10-21(28)29/h1,3-4,8-9,11-14H,2,5-7,10,15-17H2,(H2,25,26,27,30). The van der Waals surface area contributed by atoms with E-state index in [1.54, 1.807) is 24.3 Å². The third kappa shape index (κ3) is 6.88. The van der Waals surface area contributed by atoms with Gasteiger partial charge in [-0.2, -0.15) is 0 Å². The fourth-order valence-corrected chi connectivity index (χ4v) is 3.40. The first-order valence-electron chi connectivity index (χ1n) is 10.3. The van der Waals surface area contributed by atoms with E-state index >= 15 is 0 Å². The Morgan fingerprint density at radius 1 is 1.03 bits per heavy atom. The first-order valence-corrected chi connectivity index (χ1v) is 10.7. The van der Waals surface area contributed by atoms with E-state index in [4.69, 9.17) is 11.6 Å². The van der Waals surface area contributed by atoms with Gasteiger partial charge in [0.05, 0.1) is 0 Å². The van der Waals surface area contributed by atoms with Crippen molar-refractivity contribution in [3.05, 3.63) is 65.2 Å². The third-order valence-corrected chi connectivity index (χ3v) is 5.15. The average Bonchev–Trinajstić information content (AvgIpc) is 2.97. The molecule has 30 heavy (non-hydrogen) atoms. The summed E-state index contributed by atoms with van der Waals surface area (Å²) in [7, 11) is 0. The number of guanidine groups is 1. The number of anilines is 1. The van der Waals surface area contributed by atoms with Crippen molar-refractivity contribution in [1.82, 2.24) is 10.2 Å². The van der Waals surface area contributed by atoms with Crippen LogP contribution in [0.1, 0.15) is 42.5 Å². The maximum absolute atomic E-state index is 12.6. The maximum atomic E-state index is 12.6. The summed E-state index contributed by atoms with van der Waals surface area (Å²) in [6.07, 6.45) is 4.53. The first-order chi connectivity index (χ1) is 14.6. The minimum absolute atomic E-state index is 0.230. The molecular weight excluding hydrogens is 400 g/mol. The van der Waals surface area contributed by atoms with Gasteiger partial charge >= 0.3 is 0 Å². The number of carbonyl (C=O) groups is 2. The molecule has 1 saturated heterocycles. The quantitative estimate of drug-likeness (QED) is 0.410. The Balaban J connectivity index is 1.62. The van der Waals surface area contributed by atoms with E-state index in [0.29, 0.717) is 36.1 Å². The van der Waals surface area contributed by atoms with Gasteiger partial charge in [0.25, 0.3) is 5.91 Å².